The molecule has 1 fully saturated rings. The van der Waals surface area contributed by atoms with Crippen molar-refractivity contribution in [2.75, 3.05) is 6.61 Å². The monoisotopic (exact) mass is 321 g/mol. The molecular formula is C13H11ClF3NO3. The van der Waals surface area contributed by atoms with Crippen molar-refractivity contribution < 1.29 is 27.5 Å². The molecule has 0 aliphatic carbocycles. The number of rotatable bonds is 3. The van der Waals surface area contributed by atoms with Gasteiger partial charge in [-0.05, 0) is 24.6 Å². The Balaban J connectivity index is 2.05. The van der Waals surface area contributed by atoms with Crippen LogP contribution in [0.3, 0.4) is 0 Å². The van der Waals surface area contributed by atoms with Crippen molar-refractivity contribution in [1.29, 1.82) is 0 Å². The number of halogens is 4. The van der Waals surface area contributed by atoms with Gasteiger partial charge in [-0.2, -0.15) is 13.2 Å². The fraction of sp³-hybridized carbons (Fsp3) is 0.385. The highest BCUT2D eigenvalue weighted by Crippen LogP contribution is 2.32. The van der Waals surface area contributed by atoms with Gasteiger partial charge < -0.3 is 10.1 Å². The van der Waals surface area contributed by atoms with Gasteiger partial charge in [0.1, 0.15) is 6.61 Å². The number of ether oxygens (including phenoxy) is 1. The summed E-state index contributed by atoms with van der Waals surface area (Å²) in [5.74, 6) is -1.05. The number of esters is 1. The normalized spacial score (nSPS) is 18.5. The van der Waals surface area contributed by atoms with E-state index in [4.69, 9.17) is 16.3 Å². The minimum absolute atomic E-state index is 0.0849. The van der Waals surface area contributed by atoms with Crippen molar-refractivity contribution in [2.24, 2.45) is 0 Å². The lowest BCUT2D eigenvalue weighted by molar-refractivity contribution is -0.137. The number of hydrogen-bond acceptors (Lipinski definition) is 3. The van der Waals surface area contributed by atoms with E-state index in [1.807, 2.05) is 0 Å². The number of alkyl halides is 3. The first-order valence-electron chi connectivity index (χ1n) is 6.10. The highest BCUT2D eigenvalue weighted by Gasteiger charge is 2.32. The molecule has 1 aromatic rings. The van der Waals surface area contributed by atoms with Crippen molar-refractivity contribution in [3.8, 4) is 0 Å². The maximum Gasteiger partial charge on any atom is 0.416 e. The summed E-state index contributed by atoms with van der Waals surface area (Å²) in [6, 6.07) is 2.21. The summed E-state index contributed by atoms with van der Waals surface area (Å²) in [5, 5.41) is 2.38. The first-order chi connectivity index (χ1) is 9.75. The third-order valence-corrected chi connectivity index (χ3v) is 3.18. The average molecular weight is 322 g/mol. The van der Waals surface area contributed by atoms with E-state index in [-0.39, 0.29) is 29.1 Å². The van der Waals surface area contributed by atoms with Gasteiger partial charge in [0.2, 0.25) is 5.91 Å². The fourth-order valence-corrected chi connectivity index (χ4v) is 2.17. The van der Waals surface area contributed by atoms with E-state index in [2.05, 4.69) is 5.32 Å². The summed E-state index contributed by atoms with van der Waals surface area (Å²) in [7, 11) is 0. The molecule has 0 radical (unpaired) electrons. The molecule has 0 bridgehead atoms. The predicted molar refractivity (Wildman–Crippen MR) is 67.9 cm³/mol. The highest BCUT2D eigenvalue weighted by atomic mass is 35.5. The fourth-order valence-electron chi connectivity index (χ4n) is 1.93. The van der Waals surface area contributed by atoms with Gasteiger partial charge in [0.15, 0.2) is 0 Å². The van der Waals surface area contributed by atoms with Crippen LogP contribution in [0.2, 0.25) is 5.02 Å². The van der Waals surface area contributed by atoms with Crippen LogP contribution in [0.25, 0.3) is 0 Å². The lowest BCUT2D eigenvalue weighted by Gasteiger charge is -2.12. The Morgan fingerprint density at radius 1 is 1.38 bits per heavy atom. The van der Waals surface area contributed by atoms with E-state index < -0.39 is 17.7 Å². The molecule has 1 heterocycles. The first-order valence-corrected chi connectivity index (χ1v) is 6.48. The number of carbonyl (C=O) groups is 2. The zero-order valence-electron chi connectivity index (χ0n) is 10.7. The van der Waals surface area contributed by atoms with E-state index in [9.17, 15) is 22.8 Å². The van der Waals surface area contributed by atoms with Crippen LogP contribution in [0, 0.1) is 0 Å². The minimum Gasteiger partial charge on any atom is -0.460 e. The average Bonchev–Trinajstić information content (AvgIpc) is 2.80. The first kappa shape index (κ1) is 15.6. The molecule has 1 aliphatic rings. The summed E-state index contributed by atoms with van der Waals surface area (Å²) < 4.78 is 42.8. The molecule has 21 heavy (non-hydrogen) atoms. The Bertz CT molecular complexity index is 574. The molecular weight excluding hydrogens is 311 g/mol. The number of benzene rings is 1. The Kier molecular flexibility index (Phi) is 4.41. The van der Waals surface area contributed by atoms with Crippen molar-refractivity contribution in [2.45, 2.75) is 25.1 Å². The van der Waals surface area contributed by atoms with Gasteiger partial charge in [-0.1, -0.05) is 11.6 Å². The second-order valence-corrected chi connectivity index (χ2v) is 5.06. The smallest absolute Gasteiger partial charge is 0.416 e. The van der Waals surface area contributed by atoms with Crippen LogP contribution in [-0.2, 0) is 15.7 Å². The van der Waals surface area contributed by atoms with Crippen molar-refractivity contribution in [1.82, 2.24) is 5.32 Å². The summed E-state index contributed by atoms with van der Waals surface area (Å²) in [6.45, 7) is -0.0849. The van der Waals surface area contributed by atoms with E-state index in [1.165, 1.54) is 0 Å². The number of hydrogen-bond donors (Lipinski definition) is 1. The van der Waals surface area contributed by atoms with E-state index in [1.54, 1.807) is 0 Å². The van der Waals surface area contributed by atoms with Gasteiger partial charge in [-0.25, -0.2) is 4.79 Å². The van der Waals surface area contributed by atoms with Crippen molar-refractivity contribution >= 4 is 23.5 Å². The standard InChI is InChI=1S/C13H11ClF3NO3/c14-9-4-7(3-8(5-9)13(15,16)17)12(20)21-6-10-1-2-11(19)18-10/h3-5,10H,1-2,6H2,(H,18,19). The van der Waals surface area contributed by atoms with Crippen molar-refractivity contribution in [3.63, 3.8) is 0 Å². The van der Waals surface area contributed by atoms with Crippen LogP contribution >= 0.6 is 11.6 Å². The number of carbonyl (C=O) groups excluding carboxylic acids is 2. The molecule has 1 amide bonds. The molecule has 2 rings (SSSR count). The molecule has 0 saturated carbocycles. The maximum atomic E-state index is 12.6. The second-order valence-electron chi connectivity index (χ2n) is 4.63. The molecule has 114 valence electrons. The molecule has 1 atom stereocenters. The van der Waals surface area contributed by atoms with Crippen LogP contribution < -0.4 is 5.32 Å². The molecule has 4 nitrogen and oxygen atoms in total. The lowest BCUT2D eigenvalue weighted by atomic mass is 10.1. The third-order valence-electron chi connectivity index (χ3n) is 2.96. The van der Waals surface area contributed by atoms with Crippen molar-refractivity contribution in [3.05, 3.63) is 34.3 Å². The van der Waals surface area contributed by atoms with E-state index in [0.29, 0.717) is 18.9 Å². The van der Waals surface area contributed by atoms with Gasteiger partial charge in [-0.15, -0.1) is 0 Å². The molecule has 1 N–H and O–H groups in total. The topological polar surface area (TPSA) is 55.4 Å². The minimum atomic E-state index is -4.60. The Morgan fingerprint density at radius 3 is 2.67 bits per heavy atom. The zero-order valence-corrected chi connectivity index (χ0v) is 11.4. The largest absolute Gasteiger partial charge is 0.460 e. The van der Waals surface area contributed by atoms with Gasteiger partial charge in [0, 0.05) is 11.4 Å². The summed E-state index contributed by atoms with van der Waals surface area (Å²) in [4.78, 5) is 22.7. The predicted octanol–water partition coefficient (Wildman–Crippen LogP) is 2.79. The summed E-state index contributed by atoms with van der Waals surface area (Å²) in [6.07, 6.45) is -3.73. The Labute approximate surface area is 123 Å². The van der Waals surface area contributed by atoms with E-state index in [0.717, 1.165) is 12.1 Å². The zero-order chi connectivity index (χ0) is 15.6. The van der Waals surface area contributed by atoms with Crippen LogP contribution in [0.1, 0.15) is 28.8 Å². The summed E-state index contributed by atoms with van der Waals surface area (Å²) in [5.41, 5.74) is -1.30. The molecule has 0 aromatic heterocycles. The molecule has 1 aliphatic heterocycles. The Morgan fingerprint density at radius 2 is 2.10 bits per heavy atom. The highest BCUT2D eigenvalue weighted by molar-refractivity contribution is 6.31. The number of amides is 1. The van der Waals surface area contributed by atoms with Crippen LogP contribution in [0.15, 0.2) is 18.2 Å². The molecule has 0 spiro atoms. The molecule has 1 unspecified atom stereocenters. The summed E-state index contributed by atoms with van der Waals surface area (Å²) >= 11 is 5.58. The molecule has 1 saturated heterocycles. The Hall–Kier alpha value is -1.76. The van der Waals surface area contributed by atoms with Crippen LogP contribution in [0.4, 0.5) is 13.2 Å². The SMILES string of the molecule is O=C1CCC(COC(=O)c2cc(Cl)cc(C(F)(F)F)c2)N1. The maximum absolute atomic E-state index is 12.6. The molecule has 1 aromatic carbocycles. The van der Waals surface area contributed by atoms with Crippen LogP contribution in [0.5, 0.6) is 0 Å². The quantitative estimate of drug-likeness (QED) is 0.871. The van der Waals surface area contributed by atoms with Crippen LogP contribution in [-0.4, -0.2) is 24.5 Å². The van der Waals surface area contributed by atoms with Gasteiger partial charge in [0.25, 0.3) is 0 Å². The third kappa shape index (κ3) is 4.10. The second kappa shape index (κ2) is 5.93. The lowest BCUT2D eigenvalue weighted by Crippen LogP contribution is -2.30. The van der Waals surface area contributed by atoms with Gasteiger partial charge in [0.05, 0.1) is 17.2 Å². The number of nitrogens with one attached hydrogen (secondary N) is 1. The van der Waals surface area contributed by atoms with Gasteiger partial charge in [-0.3, -0.25) is 4.79 Å². The van der Waals surface area contributed by atoms with Gasteiger partial charge >= 0.3 is 12.1 Å². The molecule has 8 heteroatoms. The van der Waals surface area contributed by atoms with E-state index >= 15 is 0 Å².